The maximum atomic E-state index is 12.8. The van der Waals surface area contributed by atoms with Crippen molar-refractivity contribution in [2.45, 2.75) is 19.3 Å². The topological polar surface area (TPSA) is 51.2 Å². The van der Waals surface area contributed by atoms with Gasteiger partial charge in [0.05, 0.1) is 12.6 Å². The van der Waals surface area contributed by atoms with Gasteiger partial charge in [0, 0.05) is 30.1 Å². The van der Waals surface area contributed by atoms with Crippen molar-refractivity contribution in [2.24, 2.45) is 11.8 Å². The Hall–Kier alpha value is -2.20. The molecule has 1 aliphatic heterocycles. The van der Waals surface area contributed by atoms with E-state index in [4.69, 9.17) is 4.74 Å². The molecule has 0 aliphatic carbocycles. The molecule has 2 atom stereocenters. The van der Waals surface area contributed by atoms with Crippen LogP contribution in [-0.4, -0.2) is 31.0 Å². The highest BCUT2D eigenvalue weighted by Crippen LogP contribution is 2.28. The Kier molecular flexibility index (Phi) is 5.26. The minimum atomic E-state index is 0.178. The number of pyridine rings is 1. The smallest absolute Gasteiger partial charge is 0.163 e. The number of carbonyl (C=O) groups is 1. The van der Waals surface area contributed by atoms with Crippen LogP contribution in [0.4, 0.5) is 0 Å². The van der Waals surface area contributed by atoms with Crippen molar-refractivity contribution >= 4 is 16.7 Å². The van der Waals surface area contributed by atoms with Gasteiger partial charge in [0.1, 0.15) is 5.75 Å². The lowest BCUT2D eigenvalue weighted by atomic mass is 9.82. The first-order valence-corrected chi connectivity index (χ1v) is 8.52. The van der Waals surface area contributed by atoms with Crippen LogP contribution in [-0.2, 0) is 0 Å². The van der Waals surface area contributed by atoms with Crippen LogP contribution in [0.5, 0.6) is 5.75 Å². The quantitative estimate of drug-likeness (QED) is 0.651. The number of nitrogens with zero attached hydrogens (tertiary/aromatic N) is 1. The number of benzene rings is 1. The first-order valence-electron chi connectivity index (χ1n) is 8.52. The monoisotopic (exact) mass is 324 g/mol. The van der Waals surface area contributed by atoms with Crippen molar-refractivity contribution in [3.05, 3.63) is 48.7 Å². The fourth-order valence-electron chi connectivity index (χ4n) is 3.52. The first kappa shape index (κ1) is 16.7. The average Bonchev–Trinajstić information content (AvgIpc) is 2.65. The lowest BCUT2D eigenvalue weighted by Gasteiger charge is -2.29. The number of rotatable bonds is 6. The number of nitrogens with one attached hydrogen (secondary N) is 1. The van der Waals surface area contributed by atoms with Crippen LogP contribution in [0.2, 0.25) is 0 Å². The number of piperidine rings is 1. The van der Waals surface area contributed by atoms with Crippen LogP contribution in [0.25, 0.3) is 10.9 Å². The highest BCUT2D eigenvalue weighted by Gasteiger charge is 2.23. The van der Waals surface area contributed by atoms with E-state index in [9.17, 15) is 4.79 Å². The fourth-order valence-corrected chi connectivity index (χ4v) is 3.52. The van der Waals surface area contributed by atoms with Gasteiger partial charge in [0.25, 0.3) is 0 Å². The zero-order valence-electron chi connectivity index (χ0n) is 14.1. The van der Waals surface area contributed by atoms with E-state index in [0.29, 0.717) is 18.3 Å². The molecule has 0 bridgehead atoms. The van der Waals surface area contributed by atoms with Gasteiger partial charge < -0.3 is 10.1 Å². The van der Waals surface area contributed by atoms with Gasteiger partial charge in [-0.2, -0.15) is 0 Å². The van der Waals surface area contributed by atoms with E-state index in [1.165, 1.54) is 0 Å². The Morgan fingerprint density at radius 2 is 2.33 bits per heavy atom. The van der Waals surface area contributed by atoms with E-state index < -0.39 is 0 Å². The number of hydrogen-bond donors (Lipinski definition) is 1. The van der Waals surface area contributed by atoms with E-state index in [1.807, 2.05) is 30.3 Å². The second kappa shape index (κ2) is 7.58. The van der Waals surface area contributed by atoms with Crippen molar-refractivity contribution in [1.29, 1.82) is 0 Å². The van der Waals surface area contributed by atoms with Crippen LogP contribution in [0.3, 0.4) is 0 Å². The van der Waals surface area contributed by atoms with Gasteiger partial charge in [-0.15, -0.1) is 6.58 Å². The molecule has 0 saturated carbocycles. The molecule has 3 rings (SSSR count). The Bertz CT molecular complexity index is 741. The number of ketones is 1. The summed E-state index contributed by atoms with van der Waals surface area (Å²) < 4.78 is 5.28. The number of aromatic nitrogens is 1. The number of carbonyl (C=O) groups excluding carboxylic acids is 1. The van der Waals surface area contributed by atoms with E-state index in [-0.39, 0.29) is 5.78 Å². The molecule has 0 radical (unpaired) electrons. The average molecular weight is 324 g/mol. The summed E-state index contributed by atoms with van der Waals surface area (Å²) >= 11 is 0. The number of hydrogen-bond acceptors (Lipinski definition) is 4. The molecular weight excluding hydrogens is 300 g/mol. The molecule has 24 heavy (non-hydrogen) atoms. The molecular formula is C20H24N2O2. The summed E-state index contributed by atoms with van der Waals surface area (Å²) in [6.07, 6.45) is 6.30. The molecule has 1 aromatic heterocycles. The summed E-state index contributed by atoms with van der Waals surface area (Å²) in [4.78, 5) is 17.1. The summed E-state index contributed by atoms with van der Waals surface area (Å²) in [7, 11) is 1.63. The molecule has 1 aromatic carbocycles. The SMILES string of the molecule is C=C[C@H]1CNCC[C@@H]1CCC(=O)c1ccnc2ccc(OC)cc12. The largest absolute Gasteiger partial charge is 0.497 e. The molecule has 0 unspecified atom stereocenters. The van der Waals surface area contributed by atoms with Crippen molar-refractivity contribution in [1.82, 2.24) is 10.3 Å². The Labute approximate surface area is 142 Å². The summed E-state index contributed by atoms with van der Waals surface area (Å²) in [6.45, 7) is 5.93. The van der Waals surface area contributed by atoms with Gasteiger partial charge in [-0.05, 0) is 55.5 Å². The van der Waals surface area contributed by atoms with Gasteiger partial charge in [0.15, 0.2) is 5.78 Å². The van der Waals surface area contributed by atoms with Gasteiger partial charge >= 0.3 is 0 Å². The van der Waals surface area contributed by atoms with Crippen LogP contribution in [0.1, 0.15) is 29.6 Å². The van der Waals surface area contributed by atoms with Gasteiger partial charge in [-0.25, -0.2) is 0 Å². The van der Waals surface area contributed by atoms with E-state index in [1.54, 1.807) is 13.3 Å². The molecule has 4 nitrogen and oxygen atoms in total. The zero-order chi connectivity index (χ0) is 16.9. The second-order valence-electron chi connectivity index (χ2n) is 6.36. The third-order valence-electron chi connectivity index (χ3n) is 4.97. The minimum Gasteiger partial charge on any atom is -0.497 e. The van der Waals surface area contributed by atoms with Crippen molar-refractivity contribution in [3.63, 3.8) is 0 Å². The molecule has 126 valence electrons. The number of methoxy groups -OCH3 is 1. The lowest BCUT2D eigenvalue weighted by molar-refractivity contribution is 0.0968. The summed E-state index contributed by atoms with van der Waals surface area (Å²) in [6, 6.07) is 7.48. The van der Waals surface area contributed by atoms with Crippen molar-refractivity contribution < 1.29 is 9.53 Å². The first-order chi connectivity index (χ1) is 11.7. The highest BCUT2D eigenvalue weighted by molar-refractivity contribution is 6.07. The van der Waals surface area contributed by atoms with E-state index >= 15 is 0 Å². The lowest BCUT2D eigenvalue weighted by Crippen LogP contribution is -2.35. The minimum absolute atomic E-state index is 0.178. The molecule has 0 spiro atoms. The normalized spacial score (nSPS) is 20.7. The number of Topliss-reactive ketones (excluding diaryl/α,β-unsaturated/α-hetero) is 1. The van der Waals surface area contributed by atoms with E-state index in [2.05, 4.69) is 16.9 Å². The van der Waals surface area contributed by atoms with Crippen molar-refractivity contribution in [3.8, 4) is 5.75 Å². The standard InChI is InChI=1S/C20H24N2O2/c1-3-14-13-21-10-8-15(14)4-7-20(23)17-9-11-22-19-6-5-16(24-2)12-18(17)19/h3,5-6,9,11-12,14-15,21H,1,4,7-8,10,13H2,2H3/t14-,15-/m0/s1. The van der Waals surface area contributed by atoms with Gasteiger partial charge in [0.2, 0.25) is 0 Å². The van der Waals surface area contributed by atoms with Crippen LogP contribution >= 0.6 is 0 Å². The number of fused-ring (bicyclic) bond motifs is 1. The molecule has 4 heteroatoms. The Morgan fingerprint density at radius 3 is 3.12 bits per heavy atom. The third kappa shape index (κ3) is 3.49. The van der Waals surface area contributed by atoms with Gasteiger partial charge in [-0.1, -0.05) is 6.08 Å². The fraction of sp³-hybridized carbons (Fsp3) is 0.400. The highest BCUT2D eigenvalue weighted by atomic mass is 16.5. The van der Waals surface area contributed by atoms with Crippen LogP contribution < -0.4 is 10.1 Å². The zero-order valence-corrected chi connectivity index (χ0v) is 14.1. The van der Waals surface area contributed by atoms with Crippen LogP contribution in [0.15, 0.2) is 43.1 Å². The Morgan fingerprint density at radius 1 is 1.46 bits per heavy atom. The van der Waals surface area contributed by atoms with Gasteiger partial charge in [-0.3, -0.25) is 9.78 Å². The molecule has 1 saturated heterocycles. The second-order valence-corrected chi connectivity index (χ2v) is 6.36. The maximum absolute atomic E-state index is 12.8. The predicted molar refractivity (Wildman–Crippen MR) is 96.5 cm³/mol. The molecule has 2 heterocycles. The molecule has 1 aliphatic rings. The van der Waals surface area contributed by atoms with Crippen LogP contribution in [0, 0.1) is 11.8 Å². The number of ether oxygens (including phenoxy) is 1. The third-order valence-corrected chi connectivity index (χ3v) is 4.97. The molecule has 1 N–H and O–H groups in total. The van der Waals surface area contributed by atoms with Crippen molar-refractivity contribution in [2.75, 3.05) is 20.2 Å². The molecule has 1 fully saturated rings. The van der Waals surface area contributed by atoms with E-state index in [0.717, 1.165) is 48.1 Å². The summed E-state index contributed by atoms with van der Waals surface area (Å²) in [5.74, 6) is 1.92. The molecule has 2 aromatic rings. The predicted octanol–water partition coefficient (Wildman–Crippen LogP) is 3.62. The Balaban J connectivity index is 1.77. The molecule has 0 amide bonds. The summed E-state index contributed by atoms with van der Waals surface area (Å²) in [5.41, 5.74) is 1.57. The summed E-state index contributed by atoms with van der Waals surface area (Å²) in [5, 5.41) is 4.26. The maximum Gasteiger partial charge on any atom is 0.163 e.